The van der Waals surface area contributed by atoms with Crippen LogP contribution in [-0.2, 0) is 6.61 Å². The van der Waals surface area contributed by atoms with E-state index in [0.717, 1.165) is 19.2 Å². The molecular formula is C28H19BrClIN2O4. The molecule has 0 saturated carbocycles. The van der Waals surface area contributed by atoms with Crippen LogP contribution in [-0.4, -0.2) is 18.0 Å². The van der Waals surface area contributed by atoms with Gasteiger partial charge in [-0.1, -0.05) is 23.7 Å². The molecule has 0 bridgehead atoms. The quantitative estimate of drug-likeness (QED) is 0.174. The van der Waals surface area contributed by atoms with Gasteiger partial charge in [-0.25, -0.2) is 4.98 Å². The molecule has 0 fully saturated rings. The summed E-state index contributed by atoms with van der Waals surface area (Å²) in [5, 5.41) is 3.58. The molecule has 5 aromatic rings. The van der Waals surface area contributed by atoms with Crippen LogP contribution in [0.25, 0.3) is 22.6 Å². The molecule has 1 N–H and O–H groups in total. The summed E-state index contributed by atoms with van der Waals surface area (Å²) < 4.78 is 19.3. The minimum atomic E-state index is -0.286. The summed E-state index contributed by atoms with van der Waals surface area (Å²) in [4.78, 5) is 17.6. The average Bonchev–Trinajstić information content (AvgIpc) is 3.33. The van der Waals surface area contributed by atoms with E-state index in [-0.39, 0.29) is 5.91 Å². The number of anilines is 1. The van der Waals surface area contributed by atoms with E-state index in [9.17, 15) is 4.79 Å². The first-order valence-corrected chi connectivity index (χ1v) is 13.4. The minimum Gasteiger partial charge on any atom is -0.493 e. The van der Waals surface area contributed by atoms with Crippen LogP contribution >= 0.6 is 50.1 Å². The maximum absolute atomic E-state index is 13.0. The number of aromatic nitrogens is 1. The first-order valence-electron chi connectivity index (χ1n) is 11.1. The van der Waals surface area contributed by atoms with Crippen molar-refractivity contribution < 1.29 is 18.7 Å². The van der Waals surface area contributed by atoms with Crippen LogP contribution in [0.15, 0.2) is 87.8 Å². The molecular weight excluding hydrogens is 671 g/mol. The predicted octanol–water partition coefficient (Wildman–Crippen LogP) is 8.36. The number of hydrogen-bond donors (Lipinski definition) is 1. The van der Waals surface area contributed by atoms with Gasteiger partial charge in [0.1, 0.15) is 12.1 Å². The van der Waals surface area contributed by atoms with E-state index in [2.05, 4.69) is 48.8 Å². The maximum Gasteiger partial charge on any atom is 0.255 e. The molecule has 5 rings (SSSR count). The largest absolute Gasteiger partial charge is 0.493 e. The number of rotatable bonds is 7. The lowest BCUT2D eigenvalue weighted by Gasteiger charge is -2.12. The van der Waals surface area contributed by atoms with Crippen molar-refractivity contribution in [1.29, 1.82) is 0 Å². The van der Waals surface area contributed by atoms with Crippen LogP contribution in [0, 0.1) is 3.57 Å². The molecule has 0 aliphatic carbocycles. The van der Waals surface area contributed by atoms with Gasteiger partial charge in [0, 0.05) is 24.3 Å². The second-order valence-corrected chi connectivity index (χ2v) is 10.6. The smallest absolute Gasteiger partial charge is 0.255 e. The Bertz CT molecular complexity index is 1600. The fourth-order valence-corrected chi connectivity index (χ4v) is 4.69. The number of oxazole rings is 1. The molecule has 0 radical (unpaired) electrons. The summed E-state index contributed by atoms with van der Waals surface area (Å²) in [7, 11) is 1.54. The number of ether oxygens (including phenoxy) is 2. The van der Waals surface area contributed by atoms with Gasteiger partial charge in [0.2, 0.25) is 5.89 Å². The molecule has 6 nitrogen and oxygen atoms in total. The van der Waals surface area contributed by atoms with Gasteiger partial charge in [-0.05, 0) is 111 Å². The summed E-state index contributed by atoms with van der Waals surface area (Å²) in [6, 6.07) is 23.8. The van der Waals surface area contributed by atoms with Gasteiger partial charge >= 0.3 is 0 Å². The summed E-state index contributed by atoms with van der Waals surface area (Å²) in [5.74, 6) is 1.21. The number of hydrogen-bond acceptors (Lipinski definition) is 5. The number of carbonyl (C=O) groups is 1. The SMILES string of the molecule is COc1cc(C(=O)Nc2ccc3oc(-c4cc(I)ccc4Br)nc3c2)ccc1OCc1ccc(Cl)cc1. The first kappa shape index (κ1) is 25.6. The van der Waals surface area contributed by atoms with Crippen LogP contribution in [0.3, 0.4) is 0 Å². The van der Waals surface area contributed by atoms with Crippen molar-refractivity contribution in [2.45, 2.75) is 6.61 Å². The third kappa shape index (κ3) is 5.92. The van der Waals surface area contributed by atoms with Gasteiger partial charge in [0.25, 0.3) is 5.91 Å². The van der Waals surface area contributed by atoms with E-state index in [4.69, 9.17) is 25.5 Å². The average molecular weight is 690 g/mol. The summed E-state index contributed by atoms with van der Waals surface area (Å²) in [5.41, 5.74) is 4.12. The van der Waals surface area contributed by atoms with Crippen molar-refractivity contribution in [2.75, 3.05) is 12.4 Å². The zero-order valence-corrected chi connectivity index (χ0v) is 23.9. The number of fused-ring (bicyclic) bond motifs is 1. The molecule has 1 aromatic heterocycles. The van der Waals surface area contributed by atoms with Crippen LogP contribution in [0.5, 0.6) is 11.5 Å². The summed E-state index contributed by atoms with van der Waals surface area (Å²) in [6.45, 7) is 0.345. The fourth-order valence-electron chi connectivity index (χ4n) is 3.65. The highest BCUT2D eigenvalue weighted by Crippen LogP contribution is 2.33. The Balaban J connectivity index is 1.31. The highest BCUT2D eigenvalue weighted by molar-refractivity contribution is 14.1. The fraction of sp³-hybridized carbons (Fsp3) is 0.0714. The standard InChI is InChI=1S/C28H19BrClIN2O4/c1-35-26-12-17(4-10-25(26)36-15-16-2-5-18(30)6-3-16)27(34)32-20-8-11-24-23(14-20)33-28(37-24)21-13-19(31)7-9-22(21)29/h2-14H,15H2,1H3,(H,32,34). The molecule has 186 valence electrons. The Morgan fingerprint density at radius 2 is 1.84 bits per heavy atom. The number of halogens is 3. The van der Waals surface area contributed by atoms with E-state index in [1.165, 1.54) is 7.11 Å². The third-order valence-electron chi connectivity index (χ3n) is 5.54. The number of amides is 1. The van der Waals surface area contributed by atoms with Crippen molar-refractivity contribution in [3.8, 4) is 23.0 Å². The Hall–Kier alpha value is -3.08. The van der Waals surface area contributed by atoms with Crippen LogP contribution in [0.1, 0.15) is 15.9 Å². The van der Waals surface area contributed by atoms with Gasteiger partial charge in [0.15, 0.2) is 17.1 Å². The maximum atomic E-state index is 13.0. The Morgan fingerprint density at radius 3 is 2.62 bits per heavy atom. The Kier molecular flexibility index (Phi) is 7.68. The lowest BCUT2D eigenvalue weighted by atomic mass is 10.1. The molecule has 1 amide bonds. The summed E-state index contributed by atoms with van der Waals surface area (Å²) >= 11 is 11.7. The van der Waals surface area contributed by atoms with Crippen molar-refractivity contribution >= 4 is 72.8 Å². The zero-order chi connectivity index (χ0) is 25.9. The number of benzene rings is 4. The lowest BCUT2D eigenvalue weighted by molar-refractivity contribution is 0.102. The second kappa shape index (κ2) is 11.1. The van der Waals surface area contributed by atoms with Crippen molar-refractivity contribution in [1.82, 2.24) is 4.98 Å². The van der Waals surface area contributed by atoms with Gasteiger partial charge in [-0.15, -0.1) is 0 Å². The van der Waals surface area contributed by atoms with Gasteiger partial charge in [-0.2, -0.15) is 0 Å². The molecule has 0 atom stereocenters. The molecule has 0 aliphatic heterocycles. The van der Waals surface area contributed by atoms with E-state index >= 15 is 0 Å². The van der Waals surface area contributed by atoms with E-state index in [1.54, 1.807) is 36.4 Å². The van der Waals surface area contributed by atoms with E-state index in [1.807, 2.05) is 42.5 Å². The number of carbonyl (C=O) groups excluding carboxylic acids is 1. The number of methoxy groups -OCH3 is 1. The minimum absolute atomic E-state index is 0.286. The van der Waals surface area contributed by atoms with Crippen LogP contribution < -0.4 is 14.8 Å². The molecule has 9 heteroatoms. The lowest BCUT2D eigenvalue weighted by Crippen LogP contribution is -2.12. The second-order valence-electron chi connectivity index (χ2n) is 8.06. The molecule has 37 heavy (non-hydrogen) atoms. The molecule has 0 unspecified atom stereocenters. The topological polar surface area (TPSA) is 73.6 Å². The number of nitrogens with zero attached hydrogens (tertiary/aromatic N) is 1. The molecule has 1 heterocycles. The van der Waals surface area contributed by atoms with Gasteiger partial charge < -0.3 is 19.2 Å². The van der Waals surface area contributed by atoms with Crippen molar-refractivity contribution in [3.05, 3.63) is 103 Å². The number of nitrogens with one attached hydrogen (secondary N) is 1. The molecule has 0 saturated heterocycles. The van der Waals surface area contributed by atoms with E-state index in [0.29, 0.717) is 51.4 Å². The van der Waals surface area contributed by atoms with Gasteiger partial charge in [-0.3, -0.25) is 4.79 Å². The highest BCUT2D eigenvalue weighted by Gasteiger charge is 2.15. The molecule has 0 spiro atoms. The van der Waals surface area contributed by atoms with Crippen molar-refractivity contribution in [3.63, 3.8) is 0 Å². The normalized spacial score (nSPS) is 10.9. The van der Waals surface area contributed by atoms with E-state index < -0.39 is 0 Å². The highest BCUT2D eigenvalue weighted by atomic mass is 127. The van der Waals surface area contributed by atoms with Crippen LogP contribution in [0.2, 0.25) is 5.02 Å². The Labute approximate surface area is 240 Å². The zero-order valence-electron chi connectivity index (χ0n) is 19.4. The predicted molar refractivity (Wildman–Crippen MR) is 157 cm³/mol. The summed E-state index contributed by atoms with van der Waals surface area (Å²) in [6.07, 6.45) is 0. The Morgan fingerprint density at radius 1 is 1.03 bits per heavy atom. The van der Waals surface area contributed by atoms with Crippen molar-refractivity contribution in [2.24, 2.45) is 0 Å². The first-order chi connectivity index (χ1) is 17.9. The monoisotopic (exact) mass is 688 g/mol. The molecule has 0 aliphatic rings. The van der Waals surface area contributed by atoms with Crippen LogP contribution in [0.4, 0.5) is 5.69 Å². The third-order valence-corrected chi connectivity index (χ3v) is 7.15. The molecule has 4 aromatic carbocycles. The van der Waals surface area contributed by atoms with Gasteiger partial charge in [0.05, 0.1) is 12.7 Å².